The van der Waals surface area contributed by atoms with Gasteiger partial charge in [0.15, 0.2) is 0 Å². The third-order valence-corrected chi connectivity index (χ3v) is 3.08. The molecule has 0 aliphatic rings. The monoisotopic (exact) mass is 326 g/mol. The van der Waals surface area contributed by atoms with Crippen LogP contribution in [-0.4, -0.2) is 0 Å². The van der Waals surface area contributed by atoms with Crippen molar-refractivity contribution in [3.05, 3.63) is 69.2 Å². The summed E-state index contributed by atoms with van der Waals surface area (Å²) in [5, 5.41) is 0.757. The van der Waals surface area contributed by atoms with Gasteiger partial charge in [-0.15, -0.1) is 0 Å². The van der Waals surface area contributed by atoms with Gasteiger partial charge in [0.05, 0.1) is 0 Å². The van der Waals surface area contributed by atoms with Crippen LogP contribution in [0.25, 0.3) is 0 Å². The van der Waals surface area contributed by atoms with Gasteiger partial charge in [-0.3, -0.25) is 0 Å². The lowest BCUT2D eigenvalue weighted by Crippen LogP contribution is -1.94. The van der Waals surface area contributed by atoms with Gasteiger partial charge in [-0.2, -0.15) is 0 Å². The number of nitrogens with two attached hydrogens (primary N) is 2. The molecule has 0 saturated carbocycles. The highest BCUT2D eigenvalue weighted by Gasteiger charge is 1.87. The summed E-state index contributed by atoms with van der Waals surface area (Å²) in [6, 6.07) is 15.5. The predicted molar refractivity (Wildman–Crippen MR) is 81.4 cm³/mol. The fourth-order valence-electron chi connectivity index (χ4n) is 1.24. The summed E-state index contributed by atoms with van der Waals surface area (Å²) in [6.07, 6.45) is 0. The van der Waals surface area contributed by atoms with Crippen LogP contribution in [0.2, 0.25) is 5.02 Å². The van der Waals surface area contributed by atoms with Crippen molar-refractivity contribution in [2.24, 2.45) is 11.5 Å². The Labute approximate surface area is 121 Å². The van der Waals surface area contributed by atoms with E-state index in [2.05, 4.69) is 15.9 Å². The van der Waals surface area contributed by atoms with E-state index >= 15 is 0 Å². The molecule has 0 heterocycles. The lowest BCUT2D eigenvalue weighted by Gasteiger charge is -1.93. The first kappa shape index (κ1) is 15.2. The first-order valence-corrected chi connectivity index (χ1v) is 6.72. The summed E-state index contributed by atoms with van der Waals surface area (Å²) in [6.45, 7) is 1.20. The first-order chi connectivity index (χ1) is 8.65. The van der Waals surface area contributed by atoms with Crippen molar-refractivity contribution in [2.75, 3.05) is 0 Å². The van der Waals surface area contributed by atoms with Gasteiger partial charge in [0, 0.05) is 22.6 Å². The molecule has 4 heteroatoms. The van der Waals surface area contributed by atoms with Gasteiger partial charge in [0.2, 0.25) is 0 Å². The van der Waals surface area contributed by atoms with Crippen molar-refractivity contribution in [2.45, 2.75) is 13.1 Å². The number of hydrogen-bond donors (Lipinski definition) is 2. The van der Waals surface area contributed by atoms with Crippen LogP contribution in [0.3, 0.4) is 0 Å². The number of benzene rings is 2. The summed E-state index contributed by atoms with van der Waals surface area (Å²) in [7, 11) is 0. The van der Waals surface area contributed by atoms with Gasteiger partial charge in [0.25, 0.3) is 0 Å². The van der Waals surface area contributed by atoms with Crippen molar-refractivity contribution < 1.29 is 0 Å². The summed E-state index contributed by atoms with van der Waals surface area (Å²) < 4.78 is 1.10. The molecular formula is C14H16BrClN2. The van der Waals surface area contributed by atoms with Crippen LogP contribution in [0.1, 0.15) is 11.1 Å². The Balaban J connectivity index is 0.000000180. The second kappa shape index (κ2) is 8.27. The Morgan fingerprint density at radius 3 is 1.56 bits per heavy atom. The average molecular weight is 328 g/mol. The van der Waals surface area contributed by atoms with Gasteiger partial charge < -0.3 is 11.5 Å². The molecule has 2 aromatic rings. The lowest BCUT2D eigenvalue weighted by molar-refractivity contribution is 1.07. The normalized spacial score (nSPS) is 9.56. The van der Waals surface area contributed by atoms with E-state index in [4.69, 9.17) is 23.1 Å². The van der Waals surface area contributed by atoms with Gasteiger partial charge in [-0.05, 0) is 35.4 Å². The second-order valence-electron chi connectivity index (χ2n) is 3.66. The average Bonchev–Trinajstić information content (AvgIpc) is 2.41. The van der Waals surface area contributed by atoms with Gasteiger partial charge in [0.1, 0.15) is 0 Å². The Hall–Kier alpha value is -0.870. The van der Waals surface area contributed by atoms with Crippen molar-refractivity contribution >= 4 is 27.5 Å². The minimum absolute atomic E-state index is 0.581. The molecular weight excluding hydrogens is 312 g/mol. The maximum absolute atomic E-state index is 5.63. The Morgan fingerprint density at radius 2 is 1.17 bits per heavy atom. The molecule has 0 spiro atoms. The van der Waals surface area contributed by atoms with Crippen molar-refractivity contribution in [1.82, 2.24) is 0 Å². The summed E-state index contributed by atoms with van der Waals surface area (Å²) in [5.41, 5.74) is 13.0. The third-order valence-electron chi connectivity index (χ3n) is 2.30. The van der Waals surface area contributed by atoms with E-state index in [1.165, 1.54) is 5.56 Å². The largest absolute Gasteiger partial charge is 0.326 e. The van der Waals surface area contributed by atoms with Crippen LogP contribution < -0.4 is 11.5 Å². The maximum Gasteiger partial charge on any atom is 0.0406 e. The molecule has 0 unspecified atom stereocenters. The van der Waals surface area contributed by atoms with Crippen LogP contribution in [0.5, 0.6) is 0 Å². The summed E-state index contributed by atoms with van der Waals surface area (Å²) in [5.74, 6) is 0. The van der Waals surface area contributed by atoms with E-state index in [1.807, 2.05) is 48.5 Å². The molecule has 0 saturated heterocycles. The van der Waals surface area contributed by atoms with Crippen molar-refractivity contribution in [1.29, 1.82) is 0 Å². The fourth-order valence-corrected chi connectivity index (χ4v) is 1.63. The van der Waals surface area contributed by atoms with E-state index in [0.29, 0.717) is 13.1 Å². The maximum atomic E-state index is 5.63. The van der Waals surface area contributed by atoms with E-state index < -0.39 is 0 Å². The zero-order valence-electron chi connectivity index (χ0n) is 9.94. The van der Waals surface area contributed by atoms with Gasteiger partial charge >= 0.3 is 0 Å². The van der Waals surface area contributed by atoms with Gasteiger partial charge in [-0.1, -0.05) is 51.8 Å². The zero-order chi connectivity index (χ0) is 13.4. The van der Waals surface area contributed by atoms with E-state index in [9.17, 15) is 0 Å². The number of hydrogen-bond acceptors (Lipinski definition) is 2. The number of rotatable bonds is 2. The van der Waals surface area contributed by atoms with E-state index in [-0.39, 0.29) is 0 Å². The fraction of sp³-hybridized carbons (Fsp3) is 0.143. The SMILES string of the molecule is NCc1ccc(Br)cc1.NCc1ccc(Cl)cc1. The van der Waals surface area contributed by atoms with Crippen LogP contribution in [0, 0.1) is 0 Å². The molecule has 2 aromatic carbocycles. The molecule has 0 atom stereocenters. The number of halogens is 2. The highest BCUT2D eigenvalue weighted by Crippen LogP contribution is 2.09. The van der Waals surface area contributed by atoms with Crippen LogP contribution in [0.15, 0.2) is 53.0 Å². The van der Waals surface area contributed by atoms with Crippen molar-refractivity contribution in [3.8, 4) is 0 Å². The summed E-state index contributed by atoms with van der Waals surface area (Å²) in [4.78, 5) is 0. The molecule has 0 aliphatic heterocycles. The second-order valence-corrected chi connectivity index (χ2v) is 5.01. The molecule has 0 aliphatic carbocycles. The standard InChI is InChI=1S/C7H8BrN.C7H8ClN/c2*8-7-3-1-6(5-9)2-4-7/h2*1-4H,5,9H2. The first-order valence-electron chi connectivity index (χ1n) is 5.54. The zero-order valence-corrected chi connectivity index (χ0v) is 12.3. The predicted octanol–water partition coefficient (Wildman–Crippen LogP) is 3.71. The van der Waals surface area contributed by atoms with Gasteiger partial charge in [-0.25, -0.2) is 0 Å². The molecule has 0 bridgehead atoms. The Bertz CT molecular complexity index is 409. The third kappa shape index (κ3) is 5.65. The highest BCUT2D eigenvalue weighted by molar-refractivity contribution is 9.10. The topological polar surface area (TPSA) is 52.0 Å². The Morgan fingerprint density at radius 1 is 0.778 bits per heavy atom. The van der Waals surface area contributed by atoms with Crippen LogP contribution >= 0.6 is 27.5 Å². The Kier molecular flexibility index (Phi) is 6.98. The van der Waals surface area contributed by atoms with E-state index in [1.54, 1.807) is 0 Å². The van der Waals surface area contributed by atoms with E-state index in [0.717, 1.165) is 15.1 Å². The minimum atomic E-state index is 0.581. The molecule has 0 amide bonds. The lowest BCUT2D eigenvalue weighted by atomic mass is 10.2. The molecule has 0 aromatic heterocycles. The molecule has 0 fully saturated rings. The quantitative estimate of drug-likeness (QED) is 0.883. The smallest absolute Gasteiger partial charge is 0.0406 e. The highest BCUT2D eigenvalue weighted by atomic mass is 79.9. The van der Waals surface area contributed by atoms with Crippen LogP contribution in [-0.2, 0) is 13.1 Å². The molecule has 0 radical (unpaired) electrons. The van der Waals surface area contributed by atoms with Crippen LogP contribution in [0.4, 0.5) is 0 Å². The van der Waals surface area contributed by atoms with Crippen molar-refractivity contribution in [3.63, 3.8) is 0 Å². The minimum Gasteiger partial charge on any atom is -0.326 e. The molecule has 96 valence electrons. The molecule has 2 nitrogen and oxygen atoms in total. The molecule has 4 N–H and O–H groups in total. The molecule has 2 rings (SSSR count). The molecule has 18 heavy (non-hydrogen) atoms. The summed E-state index contributed by atoms with van der Waals surface area (Å²) >= 11 is 8.96.